The molecule has 146 valence electrons. The number of benzene rings is 2. The first-order valence-electron chi connectivity index (χ1n) is 9.83. The molecule has 0 spiro atoms. The number of carbonyl (C=O) groups excluding carboxylic acids is 1. The highest BCUT2D eigenvalue weighted by Gasteiger charge is 2.22. The molecule has 1 heterocycles. The number of hydrogen-bond acceptors (Lipinski definition) is 4. The zero-order valence-corrected chi connectivity index (χ0v) is 17.1. The van der Waals surface area contributed by atoms with Crippen molar-refractivity contribution in [1.29, 1.82) is 10.5 Å². The van der Waals surface area contributed by atoms with E-state index in [0.29, 0.717) is 10.6 Å². The molecular formula is C25H19N3OS. The van der Waals surface area contributed by atoms with E-state index in [2.05, 4.69) is 11.4 Å². The Morgan fingerprint density at radius 1 is 0.967 bits per heavy atom. The predicted molar refractivity (Wildman–Crippen MR) is 120 cm³/mol. The largest absolute Gasteiger partial charge is 0.312 e. The molecular weight excluding hydrogens is 390 g/mol. The topological polar surface area (TPSA) is 76.7 Å². The SMILES string of the molecule is N#CC(=Cc1ccc(-c2ccccc2)cc1)C(=O)Nc1sc2c(c1C#N)CCCC2. The molecule has 0 atom stereocenters. The molecule has 30 heavy (non-hydrogen) atoms. The van der Waals surface area contributed by atoms with Crippen molar-refractivity contribution in [3.8, 4) is 23.3 Å². The lowest BCUT2D eigenvalue weighted by Gasteiger charge is -2.09. The zero-order valence-electron chi connectivity index (χ0n) is 16.3. The summed E-state index contributed by atoms with van der Waals surface area (Å²) in [4.78, 5) is 13.9. The van der Waals surface area contributed by atoms with Crippen LogP contribution in [0.25, 0.3) is 17.2 Å². The van der Waals surface area contributed by atoms with Crippen LogP contribution in [0.5, 0.6) is 0 Å². The summed E-state index contributed by atoms with van der Waals surface area (Å²) in [5, 5.41) is 22.4. The summed E-state index contributed by atoms with van der Waals surface area (Å²) in [6.07, 6.45) is 5.56. The molecule has 4 rings (SSSR count). The molecule has 2 aromatic carbocycles. The molecule has 1 aliphatic carbocycles. The van der Waals surface area contributed by atoms with Crippen LogP contribution in [0, 0.1) is 22.7 Å². The van der Waals surface area contributed by atoms with Crippen molar-refractivity contribution in [3.05, 3.63) is 81.7 Å². The van der Waals surface area contributed by atoms with Gasteiger partial charge in [-0.25, -0.2) is 0 Å². The van der Waals surface area contributed by atoms with Gasteiger partial charge in [0.2, 0.25) is 0 Å². The maximum atomic E-state index is 12.7. The first kappa shape index (κ1) is 19.6. The summed E-state index contributed by atoms with van der Waals surface area (Å²) in [6, 6.07) is 21.9. The highest BCUT2D eigenvalue weighted by Crippen LogP contribution is 2.37. The van der Waals surface area contributed by atoms with Gasteiger partial charge in [0.05, 0.1) is 5.56 Å². The lowest BCUT2D eigenvalue weighted by Crippen LogP contribution is -2.13. The van der Waals surface area contributed by atoms with Gasteiger partial charge in [0.15, 0.2) is 0 Å². The fourth-order valence-electron chi connectivity index (χ4n) is 3.66. The van der Waals surface area contributed by atoms with Crippen LogP contribution in [0.4, 0.5) is 5.00 Å². The minimum Gasteiger partial charge on any atom is -0.312 e. The number of nitrogens with zero attached hydrogens (tertiary/aromatic N) is 2. The Kier molecular flexibility index (Phi) is 5.75. The third kappa shape index (κ3) is 4.03. The molecule has 5 heteroatoms. The van der Waals surface area contributed by atoms with Gasteiger partial charge in [0.1, 0.15) is 22.7 Å². The van der Waals surface area contributed by atoms with Crippen molar-refractivity contribution in [2.24, 2.45) is 0 Å². The van der Waals surface area contributed by atoms with Crippen LogP contribution >= 0.6 is 11.3 Å². The molecule has 3 aromatic rings. The van der Waals surface area contributed by atoms with Crippen molar-refractivity contribution in [1.82, 2.24) is 0 Å². The van der Waals surface area contributed by atoms with Crippen molar-refractivity contribution in [2.75, 3.05) is 5.32 Å². The van der Waals surface area contributed by atoms with E-state index in [9.17, 15) is 15.3 Å². The predicted octanol–water partition coefficient (Wildman–Crippen LogP) is 5.71. The number of carbonyl (C=O) groups is 1. The van der Waals surface area contributed by atoms with Gasteiger partial charge in [-0.1, -0.05) is 54.6 Å². The summed E-state index contributed by atoms with van der Waals surface area (Å²) in [7, 11) is 0. The molecule has 0 aliphatic heterocycles. The number of amides is 1. The summed E-state index contributed by atoms with van der Waals surface area (Å²) in [5.41, 5.74) is 4.57. The Morgan fingerprint density at radius 2 is 1.67 bits per heavy atom. The molecule has 1 aliphatic rings. The van der Waals surface area contributed by atoms with Gasteiger partial charge in [-0.05, 0) is 54.0 Å². The number of aryl methyl sites for hydroxylation is 1. The second-order valence-electron chi connectivity index (χ2n) is 7.14. The van der Waals surface area contributed by atoms with Crippen molar-refractivity contribution >= 4 is 28.3 Å². The van der Waals surface area contributed by atoms with Gasteiger partial charge in [0, 0.05) is 4.88 Å². The third-order valence-corrected chi connectivity index (χ3v) is 6.41. The number of anilines is 1. The van der Waals surface area contributed by atoms with Crippen LogP contribution in [-0.4, -0.2) is 5.91 Å². The van der Waals surface area contributed by atoms with Gasteiger partial charge in [-0.2, -0.15) is 10.5 Å². The van der Waals surface area contributed by atoms with Crippen LogP contribution in [0.2, 0.25) is 0 Å². The van der Waals surface area contributed by atoms with Gasteiger partial charge in [-0.15, -0.1) is 11.3 Å². The molecule has 1 aromatic heterocycles. The molecule has 4 nitrogen and oxygen atoms in total. The molecule has 0 bridgehead atoms. The zero-order chi connectivity index (χ0) is 20.9. The first-order chi connectivity index (χ1) is 14.7. The minimum atomic E-state index is -0.486. The van der Waals surface area contributed by atoms with Gasteiger partial charge in [0.25, 0.3) is 5.91 Å². The van der Waals surface area contributed by atoms with E-state index in [0.717, 1.165) is 47.9 Å². The number of nitriles is 2. The monoisotopic (exact) mass is 409 g/mol. The summed E-state index contributed by atoms with van der Waals surface area (Å²) >= 11 is 1.46. The maximum absolute atomic E-state index is 12.7. The van der Waals surface area contributed by atoms with Crippen LogP contribution in [0.15, 0.2) is 60.2 Å². The standard InChI is InChI=1S/C25H19N3OS/c26-15-20(14-17-10-12-19(13-11-17)18-6-2-1-3-7-18)24(29)28-25-22(16-27)21-8-4-5-9-23(21)30-25/h1-3,6-7,10-14H,4-5,8-9H2,(H,28,29). The first-order valence-corrected chi connectivity index (χ1v) is 10.6. The summed E-state index contributed by atoms with van der Waals surface area (Å²) in [6.45, 7) is 0. The Morgan fingerprint density at radius 3 is 2.37 bits per heavy atom. The molecule has 1 N–H and O–H groups in total. The highest BCUT2D eigenvalue weighted by atomic mass is 32.1. The minimum absolute atomic E-state index is 0.0118. The van der Waals surface area contributed by atoms with Gasteiger partial charge in [-0.3, -0.25) is 4.79 Å². The number of thiophene rings is 1. The second-order valence-corrected chi connectivity index (χ2v) is 8.24. The van der Waals surface area contributed by atoms with E-state index in [1.807, 2.05) is 60.7 Å². The fraction of sp³-hybridized carbons (Fsp3) is 0.160. The van der Waals surface area contributed by atoms with Crippen LogP contribution in [-0.2, 0) is 17.6 Å². The number of hydrogen-bond donors (Lipinski definition) is 1. The van der Waals surface area contributed by atoms with Crippen molar-refractivity contribution in [2.45, 2.75) is 25.7 Å². The van der Waals surface area contributed by atoms with Crippen molar-refractivity contribution in [3.63, 3.8) is 0 Å². The average Bonchev–Trinajstić information content (AvgIpc) is 3.15. The molecule has 0 radical (unpaired) electrons. The Bertz CT molecular complexity index is 1190. The summed E-state index contributed by atoms with van der Waals surface area (Å²) < 4.78 is 0. The van der Waals surface area contributed by atoms with E-state index in [1.54, 1.807) is 6.08 Å². The van der Waals surface area contributed by atoms with Crippen LogP contribution in [0.1, 0.15) is 34.4 Å². The summed E-state index contributed by atoms with van der Waals surface area (Å²) in [5.74, 6) is -0.486. The Hall–Kier alpha value is -3.67. The maximum Gasteiger partial charge on any atom is 0.266 e. The molecule has 0 saturated heterocycles. The van der Waals surface area contributed by atoms with Gasteiger partial charge >= 0.3 is 0 Å². The molecule has 1 amide bonds. The fourth-order valence-corrected chi connectivity index (χ4v) is 4.90. The van der Waals surface area contributed by atoms with Crippen LogP contribution < -0.4 is 5.32 Å². The second kappa shape index (κ2) is 8.78. The Labute approximate surface area is 179 Å². The normalized spacial score (nSPS) is 13.1. The molecule has 0 fully saturated rings. The van der Waals surface area contributed by atoms with Crippen molar-refractivity contribution < 1.29 is 4.79 Å². The quantitative estimate of drug-likeness (QED) is 0.443. The third-order valence-electron chi connectivity index (χ3n) is 5.20. The molecule has 0 saturated carbocycles. The average molecular weight is 410 g/mol. The number of nitrogens with one attached hydrogen (secondary N) is 1. The van der Waals surface area contributed by atoms with E-state index in [-0.39, 0.29) is 5.57 Å². The van der Waals surface area contributed by atoms with E-state index >= 15 is 0 Å². The highest BCUT2D eigenvalue weighted by molar-refractivity contribution is 7.16. The lowest BCUT2D eigenvalue weighted by atomic mass is 9.96. The van der Waals surface area contributed by atoms with E-state index in [1.165, 1.54) is 16.2 Å². The van der Waals surface area contributed by atoms with Crippen LogP contribution in [0.3, 0.4) is 0 Å². The molecule has 0 unspecified atom stereocenters. The lowest BCUT2D eigenvalue weighted by molar-refractivity contribution is -0.112. The number of fused-ring (bicyclic) bond motifs is 1. The van der Waals surface area contributed by atoms with E-state index < -0.39 is 5.91 Å². The smallest absolute Gasteiger partial charge is 0.266 e. The number of rotatable bonds is 4. The Balaban J connectivity index is 1.55. The van der Waals surface area contributed by atoms with Gasteiger partial charge < -0.3 is 5.32 Å². The van der Waals surface area contributed by atoms with E-state index in [4.69, 9.17) is 0 Å².